The summed E-state index contributed by atoms with van der Waals surface area (Å²) in [6, 6.07) is 12.6. The van der Waals surface area contributed by atoms with Crippen molar-refractivity contribution in [3.8, 4) is 17.2 Å². The fraction of sp³-hybridized carbons (Fsp3) is 0.190. The summed E-state index contributed by atoms with van der Waals surface area (Å²) in [5.41, 5.74) is 0.226. The number of hydrogen-bond donors (Lipinski definition) is 1. The predicted molar refractivity (Wildman–Crippen MR) is 107 cm³/mol. The maximum atomic E-state index is 12.1. The van der Waals surface area contributed by atoms with Crippen LogP contribution >= 0.6 is 0 Å². The number of amides is 1. The molecular weight excluding hydrogens is 394 g/mol. The van der Waals surface area contributed by atoms with Crippen LogP contribution in [0.5, 0.6) is 17.2 Å². The minimum Gasteiger partial charge on any atom is -0.497 e. The topological polar surface area (TPSA) is 113 Å². The highest BCUT2D eigenvalue weighted by Gasteiger charge is 2.12. The number of anilines is 1. The lowest BCUT2D eigenvalue weighted by atomic mass is 10.2. The molecule has 0 saturated carbocycles. The molecule has 9 heteroatoms. The zero-order chi connectivity index (χ0) is 21.5. The number of nitrogens with one attached hydrogen (secondary N) is 1. The number of methoxy groups -OCH3 is 2. The van der Waals surface area contributed by atoms with Gasteiger partial charge < -0.3 is 28.7 Å². The van der Waals surface area contributed by atoms with Crippen molar-refractivity contribution in [3.05, 3.63) is 59.0 Å². The van der Waals surface area contributed by atoms with Gasteiger partial charge in [-0.1, -0.05) is 0 Å². The van der Waals surface area contributed by atoms with Gasteiger partial charge in [0.25, 0.3) is 5.91 Å². The molecule has 0 saturated heterocycles. The molecule has 0 fully saturated rings. The second kappa shape index (κ2) is 9.46. The molecule has 2 aromatic carbocycles. The maximum absolute atomic E-state index is 12.1. The van der Waals surface area contributed by atoms with Gasteiger partial charge in [-0.05, 0) is 30.3 Å². The largest absolute Gasteiger partial charge is 0.497 e. The van der Waals surface area contributed by atoms with E-state index >= 15 is 0 Å². The molecule has 3 rings (SSSR count). The van der Waals surface area contributed by atoms with Crippen molar-refractivity contribution in [2.45, 2.75) is 0 Å². The van der Waals surface area contributed by atoms with E-state index in [0.717, 1.165) is 0 Å². The quantitative estimate of drug-likeness (QED) is 0.442. The van der Waals surface area contributed by atoms with Crippen LogP contribution in [-0.2, 0) is 14.3 Å². The fourth-order valence-corrected chi connectivity index (χ4v) is 2.56. The Morgan fingerprint density at radius 3 is 2.47 bits per heavy atom. The van der Waals surface area contributed by atoms with Crippen LogP contribution in [-0.4, -0.2) is 39.3 Å². The summed E-state index contributed by atoms with van der Waals surface area (Å²) >= 11 is 0. The smallest absolute Gasteiger partial charge is 0.344 e. The second-order valence-corrected chi connectivity index (χ2v) is 6.02. The number of ether oxygens (including phenoxy) is 4. The van der Waals surface area contributed by atoms with E-state index in [0.29, 0.717) is 33.9 Å². The fourth-order valence-electron chi connectivity index (χ4n) is 2.56. The van der Waals surface area contributed by atoms with Crippen LogP contribution < -0.4 is 25.2 Å². The van der Waals surface area contributed by atoms with Crippen LogP contribution in [0.15, 0.2) is 57.7 Å². The van der Waals surface area contributed by atoms with E-state index in [2.05, 4.69) is 5.32 Å². The first kappa shape index (κ1) is 20.7. The molecule has 156 valence electrons. The number of carbonyl (C=O) groups is 2. The van der Waals surface area contributed by atoms with Crippen LogP contribution in [0.4, 0.5) is 5.69 Å². The normalized spacial score (nSPS) is 10.3. The summed E-state index contributed by atoms with van der Waals surface area (Å²) in [5, 5.41) is 3.30. The third-order valence-corrected chi connectivity index (χ3v) is 4.00. The van der Waals surface area contributed by atoms with Gasteiger partial charge in [-0.2, -0.15) is 0 Å². The van der Waals surface area contributed by atoms with Crippen molar-refractivity contribution < 1.29 is 33.0 Å². The number of benzene rings is 2. The van der Waals surface area contributed by atoms with E-state index in [-0.39, 0.29) is 0 Å². The third-order valence-electron chi connectivity index (χ3n) is 4.00. The third kappa shape index (κ3) is 5.28. The standard InChI is InChI=1S/C21H19NO8/c1-26-14-6-7-17(27-2)16(9-14)22-19(23)11-29-21(25)12-28-15-5-3-13-4-8-20(24)30-18(13)10-15/h3-10H,11-12H2,1-2H3,(H,22,23). The molecule has 0 aliphatic heterocycles. The van der Waals surface area contributed by atoms with E-state index < -0.39 is 30.7 Å². The molecule has 1 N–H and O–H groups in total. The molecule has 30 heavy (non-hydrogen) atoms. The van der Waals surface area contributed by atoms with Gasteiger partial charge in [0.15, 0.2) is 13.2 Å². The van der Waals surface area contributed by atoms with Crippen molar-refractivity contribution in [1.82, 2.24) is 0 Å². The number of carbonyl (C=O) groups excluding carboxylic acids is 2. The molecule has 3 aromatic rings. The summed E-state index contributed by atoms with van der Waals surface area (Å²) in [5.74, 6) is -0.0106. The van der Waals surface area contributed by atoms with Crippen molar-refractivity contribution in [2.75, 3.05) is 32.8 Å². The minimum atomic E-state index is -0.739. The zero-order valence-electron chi connectivity index (χ0n) is 16.3. The molecule has 1 amide bonds. The van der Waals surface area contributed by atoms with Gasteiger partial charge in [0, 0.05) is 23.6 Å². The molecule has 0 atom stereocenters. The minimum absolute atomic E-state index is 0.319. The Morgan fingerprint density at radius 2 is 1.70 bits per heavy atom. The zero-order valence-corrected chi connectivity index (χ0v) is 16.3. The van der Waals surface area contributed by atoms with Gasteiger partial charge in [-0.15, -0.1) is 0 Å². The molecule has 9 nitrogen and oxygen atoms in total. The van der Waals surface area contributed by atoms with Gasteiger partial charge in [0.2, 0.25) is 0 Å². The Balaban J connectivity index is 1.51. The Labute approximate surface area is 171 Å². The van der Waals surface area contributed by atoms with Crippen LogP contribution in [0.3, 0.4) is 0 Å². The molecule has 0 spiro atoms. The van der Waals surface area contributed by atoms with Crippen LogP contribution in [0.1, 0.15) is 0 Å². The van der Waals surface area contributed by atoms with Crippen LogP contribution in [0.25, 0.3) is 11.0 Å². The van der Waals surface area contributed by atoms with Crippen molar-refractivity contribution >= 4 is 28.5 Å². The maximum Gasteiger partial charge on any atom is 0.344 e. The second-order valence-electron chi connectivity index (χ2n) is 6.02. The van der Waals surface area contributed by atoms with E-state index in [9.17, 15) is 14.4 Å². The highest BCUT2D eigenvalue weighted by molar-refractivity contribution is 5.94. The van der Waals surface area contributed by atoms with E-state index in [4.69, 9.17) is 23.4 Å². The summed E-state index contributed by atoms with van der Waals surface area (Å²) in [6.07, 6.45) is 0. The molecule has 0 aliphatic carbocycles. The Morgan fingerprint density at radius 1 is 0.933 bits per heavy atom. The SMILES string of the molecule is COc1ccc(OC)c(NC(=O)COC(=O)COc2ccc3ccc(=O)oc3c2)c1. The first-order valence-electron chi connectivity index (χ1n) is 8.82. The average molecular weight is 413 g/mol. The Hall–Kier alpha value is -4.01. The number of hydrogen-bond acceptors (Lipinski definition) is 8. The van der Waals surface area contributed by atoms with E-state index in [1.807, 2.05) is 0 Å². The summed E-state index contributed by atoms with van der Waals surface area (Å²) in [4.78, 5) is 35.2. The molecule has 1 heterocycles. The van der Waals surface area contributed by atoms with Gasteiger partial charge in [0.1, 0.15) is 22.8 Å². The Kier molecular flexibility index (Phi) is 6.53. The van der Waals surface area contributed by atoms with E-state index in [1.165, 1.54) is 26.4 Å². The van der Waals surface area contributed by atoms with Gasteiger partial charge >= 0.3 is 11.6 Å². The number of esters is 1. The summed E-state index contributed by atoms with van der Waals surface area (Å²) in [7, 11) is 2.96. The lowest BCUT2D eigenvalue weighted by Crippen LogP contribution is -2.23. The predicted octanol–water partition coefficient (Wildman–Crippen LogP) is 2.37. The first-order valence-corrected chi connectivity index (χ1v) is 8.82. The molecule has 0 bridgehead atoms. The monoisotopic (exact) mass is 413 g/mol. The van der Waals surface area contributed by atoms with E-state index in [1.54, 1.807) is 36.4 Å². The lowest BCUT2D eigenvalue weighted by Gasteiger charge is -2.12. The first-order chi connectivity index (χ1) is 14.5. The van der Waals surface area contributed by atoms with Gasteiger partial charge in [-0.25, -0.2) is 9.59 Å². The Bertz CT molecular complexity index is 1120. The van der Waals surface area contributed by atoms with Crippen molar-refractivity contribution in [2.24, 2.45) is 0 Å². The molecule has 0 aliphatic rings. The number of rotatable bonds is 8. The summed E-state index contributed by atoms with van der Waals surface area (Å²) in [6.45, 7) is -0.923. The average Bonchev–Trinajstić information content (AvgIpc) is 2.75. The molecule has 0 radical (unpaired) electrons. The number of fused-ring (bicyclic) bond motifs is 1. The van der Waals surface area contributed by atoms with Crippen LogP contribution in [0, 0.1) is 0 Å². The highest BCUT2D eigenvalue weighted by atomic mass is 16.6. The summed E-state index contributed by atoms with van der Waals surface area (Å²) < 4.78 is 25.6. The van der Waals surface area contributed by atoms with Gasteiger partial charge in [0.05, 0.1) is 19.9 Å². The van der Waals surface area contributed by atoms with Crippen molar-refractivity contribution in [3.63, 3.8) is 0 Å². The molecular formula is C21H19NO8. The van der Waals surface area contributed by atoms with Gasteiger partial charge in [-0.3, -0.25) is 4.79 Å². The van der Waals surface area contributed by atoms with Crippen LogP contribution in [0.2, 0.25) is 0 Å². The molecule has 1 aromatic heterocycles. The van der Waals surface area contributed by atoms with Crippen molar-refractivity contribution in [1.29, 1.82) is 0 Å². The highest BCUT2D eigenvalue weighted by Crippen LogP contribution is 2.28. The molecule has 0 unspecified atom stereocenters. The lowest BCUT2D eigenvalue weighted by molar-refractivity contribution is -0.149.